The molecule has 3 aromatic heterocycles. The highest BCUT2D eigenvalue weighted by Gasteiger charge is 2.27. The largest absolute Gasteiger partial charge is 0.456 e. The summed E-state index contributed by atoms with van der Waals surface area (Å²) >= 11 is 0. The quantitative estimate of drug-likeness (QED) is 0.206. The molecule has 5 nitrogen and oxygen atoms in total. The normalized spacial score (nSPS) is 11.7. The smallest absolute Gasteiger partial charge is 0.167 e. The molecule has 16 heteroatoms. The van der Waals surface area contributed by atoms with Gasteiger partial charge in [-0.25, -0.2) is 15.0 Å². The fraction of sp³-hybridized carbons (Fsp3) is 0. The zero-order chi connectivity index (χ0) is 42.6. The molecule has 3 heterocycles. The van der Waals surface area contributed by atoms with Crippen LogP contribution in [0.25, 0.3) is 100 Å². The molecule has 256 valence electrons. The minimum absolute atomic E-state index is 0.00397. The van der Waals surface area contributed by atoms with Gasteiger partial charge in [0.05, 0.1) is 5.56 Å². The first kappa shape index (κ1) is 39.0. The molecular weight excluding hydrogens is 733 g/mol. The SMILES string of the molecule is [B]c1c([B])c([B])c(-c2c([B])c([B])c([B])c3c2oc2c(-c4nc(-c5ccc(-c6ccccc6)cc5)nc(-c5ccc6c(c5)oc5ccccc56)n4)c([B])c([B])c([B])c23)c([B])c1[B]. The van der Waals surface area contributed by atoms with E-state index in [9.17, 15) is 0 Å². The Morgan fingerprint density at radius 2 is 0.754 bits per heavy atom. The Morgan fingerprint density at radius 3 is 1.41 bits per heavy atom. The maximum Gasteiger partial charge on any atom is 0.167 e. The van der Waals surface area contributed by atoms with E-state index >= 15 is 0 Å². The van der Waals surface area contributed by atoms with Gasteiger partial charge >= 0.3 is 0 Å². The highest BCUT2D eigenvalue weighted by Crippen LogP contribution is 2.37. The number of nitrogens with zero attached hydrogens (tertiary/aromatic N) is 3. The third-order valence-corrected chi connectivity index (χ3v) is 11.3. The van der Waals surface area contributed by atoms with Crippen molar-refractivity contribution >= 4 is 190 Å². The van der Waals surface area contributed by atoms with Crippen LogP contribution in [-0.4, -0.2) is 101 Å². The Labute approximate surface area is 365 Å². The summed E-state index contributed by atoms with van der Waals surface area (Å²) in [7, 11) is 72.3. The third-order valence-electron chi connectivity index (χ3n) is 11.3. The summed E-state index contributed by atoms with van der Waals surface area (Å²) in [6.45, 7) is 0. The van der Waals surface area contributed by atoms with Crippen molar-refractivity contribution < 1.29 is 8.83 Å². The van der Waals surface area contributed by atoms with Gasteiger partial charge in [0.1, 0.15) is 109 Å². The van der Waals surface area contributed by atoms with Crippen molar-refractivity contribution in [3.05, 3.63) is 97.1 Å². The molecule has 0 saturated carbocycles. The Balaban J connectivity index is 1.27. The predicted molar refractivity (Wildman–Crippen MR) is 261 cm³/mol. The van der Waals surface area contributed by atoms with Gasteiger partial charge in [-0.2, -0.15) is 0 Å². The van der Waals surface area contributed by atoms with E-state index in [2.05, 4.69) is 0 Å². The lowest BCUT2D eigenvalue weighted by molar-refractivity contribution is 0.669. The van der Waals surface area contributed by atoms with Crippen molar-refractivity contribution in [1.29, 1.82) is 0 Å². The molecule has 0 aliphatic rings. The summed E-state index contributed by atoms with van der Waals surface area (Å²) in [6, 6.07) is 31.4. The Bertz CT molecular complexity index is 3470. The topological polar surface area (TPSA) is 65.0 Å². The van der Waals surface area contributed by atoms with Crippen LogP contribution in [0.4, 0.5) is 0 Å². The lowest BCUT2D eigenvalue weighted by Crippen LogP contribution is -2.56. The number of hydrogen-bond donors (Lipinski definition) is 0. The highest BCUT2D eigenvalue weighted by molar-refractivity contribution is 6.71. The van der Waals surface area contributed by atoms with Gasteiger partial charge in [-0.3, -0.25) is 0 Å². The van der Waals surface area contributed by atoms with Crippen LogP contribution < -0.4 is 60.1 Å². The first-order chi connectivity index (χ1) is 29.3. The molecule has 0 unspecified atom stereocenters. The van der Waals surface area contributed by atoms with Crippen LogP contribution in [0.2, 0.25) is 0 Å². The number of benzene rings is 7. The van der Waals surface area contributed by atoms with Crippen molar-refractivity contribution in [2.45, 2.75) is 0 Å². The molecule has 22 radical (unpaired) electrons. The maximum absolute atomic E-state index is 6.89. The molecular formula is C45H16B11N3O2. The molecule has 0 bridgehead atoms. The van der Waals surface area contributed by atoms with Crippen LogP contribution >= 0.6 is 0 Å². The van der Waals surface area contributed by atoms with Crippen molar-refractivity contribution in [1.82, 2.24) is 15.0 Å². The second-order valence-electron chi connectivity index (χ2n) is 14.7. The lowest BCUT2D eigenvalue weighted by atomic mass is 9.58. The molecule has 0 atom stereocenters. The standard InChI is InChI=1S/C45H16B11N3O2/c46-30-25(31(47)39(55)40(56)38(30)54)26-32(48)36(52)33(49)27-28-34(50)37(53)35(51)29(42(28)61-41(26)27)45-58-43(19-12-10-18(11-13-19)17-6-2-1-3-7-17)57-44(59-45)20-14-15-22-21-8-4-5-9-23(21)60-24(22)16-20/h1-16H. The first-order valence-corrected chi connectivity index (χ1v) is 18.9. The second-order valence-corrected chi connectivity index (χ2v) is 14.7. The van der Waals surface area contributed by atoms with E-state index in [1.165, 1.54) is 0 Å². The predicted octanol–water partition coefficient (Wildman–Crippen LogP) is -1.26. The molecule has 0 saturated heterocycles. The zero-order valence-electron chi connectivity index (χ0n) is 32.2. The van der Waals surface area contributed by atoms with Crippen LogP contribution in [0.1, 0.15) is 0 Å². The van der Waals surface area contributed by atoms with Gasteiger partial charge in [0.2, 0.25) is 0 Å². The van der Waals surface area contributed by atoms with E-state index in [0.717, 1.165) is 27.5 Å². The van der Waals surface area contributed by atoms with Gasteiger partial charge < -0.3 is 8.83 Å². The number of furan rings is 2. The van der Waals surface area contributed by atoms with Crippen LogP contribution in [0.15, 0.2) is 106 Å². The van der Waals surface area contributed by atoms with E-state index in [-0.39, 0.29) is 105 Å². The fourth-order valence-electron chi connectivity index (χ4n) is 8.01. The minimum Gasteiger partial charge on any atom is -0.456 e. The Hall–Kier alpha value is -6.14. The summed E-state index contributed by atoms with van der Waals surface area (Å²) in [5.41, 5.74) is 5.47. The summed E-state index contributed by atoms with van der Waals surface area (Å²) < 4.78 is 13.0. The fourth-order valence-corrected chi connectivity index (χ4v) is 8.01. The number of rotatable bonds is 5. The number of para-hydroxylation sites is 1. The van der Waals surface area contributed by atoms with Gasteiger partial charge in [0, 0.05) is 38.2 Å². The van der Waals surface area contributed by atoms with Crippen LogP contribution in [0, 0.1) is 0 Å². The molecule has 0 amide bonds. The molecule has 10 rings (SSSR count). The average Bonchev–Trinajstić information content (AvgIpc) is 3.86. The van der Waals surface area contributed by atoms with Crippen LogP contribution in [-0.2, 0) is 0 Å². The Morgan fingerprint density at radius 1 is 0.311 bits per heavy atom. The highest BCUT2D eigenvalue weighted by atomic mass is 16.3. The van der Waals surface area contributed by atoms with Gasteiger partial charge in [-0.1, -0.05) is 112 Å². The number of aromatic nitrogens is 3. The van der Waals surface area contributed by atoms with Gasteiger partial charge in [-0.15, -0.1) is 27.3 Å². The van der Waals surface area contributed by atoms with Crippen molar-refractivity contribution in [2.24, 2.45) is 0 Å². The monoisotopic (exact) mass is 751 g/mol. The Kier molecular flexibility index (Phi) is 9.28. The van der Waals surface area contributed by atoms with Crippen molar-refractivity contribution in [3.8, 4) is 56.4 Å². The van der Waals surface area contributed by atoms with E-state index in [4.69, 9.17) is 110 Å². The number of fused-ring (bicyclic) bond motifs is 6. The summed E-state index contributed by atoms with van der Waals surface area (Å²) in [5, 5.41) is 2.42. The summed E-state index contributed by atoms with van der Waals surface area (Å²) in [6.07, 6.45) is 0. The third kappa shape index (κ3) is 5.96. The molecule has 0 aliphatic heterocycles. The van der Waals surface area contributed by atoms with E-state index < -0.39 is 0 Å². The second kappa shape index (κ2) is 14.5. The lowest BCUT2D eigenvalue weighted by Gasteiger charge is -2.24. The van der Waals surface area contributed by atoms with Crippen LogP contribution in [0.5, 0.6) is 0 Å². The molecule has 7 aromatic carbocycles. The van der Waals surface area contributed by atoms with Crippen molar-refractivity contribution in [2.75, 3.05) is 0 Å². The maximum atomic E-state index is 6.89. The van der Waals surface area contributed by atoms with Crippen LogP contribution in [0.3, 0.4) is 0 Å². The molecule has 10 aromatic rings. The molecule has 61 heavy (non-hydrogen) atoms. The van der Waals surface area contributed by atoms with Gasteiger partial charge in [0.25, 0.3) is 0 Å². The van der Waals surface area contributed by atoms with Crippen molar-refractivity contribution in [3.63, 3.8) is 0 Å². The molecule has 0 N–H and O–H groups in total. The zero-order valence-corrected chi connectivity index (χ0v) is 32.2. The van der Waals surface area contributed by atoms with E-state index in [0.29, 0.717) is 28.4 Å². The summed E-state index contributed by atoms with van der Waals surface area (Å²) in [5.74, 6) is 0.729. The molecule has 0 aliphatic carbocycles. The van der Waals surface area contributed by atoms with E-state index in [1.807, 2.05) is 97.1 Å². The number of hydrogen-bond acceptors (Lipinski definition) is 5. The average molecular weight is 750 g/mol. The van der Waals surface area contributed by atoms with Gasteiger partial charge in [-0.05, 0) is 34.9 Å². The first-order valence-electron chi connectivity index (χ1n) is 18.9. The summed E-state index contributed by atoms with van der Waals surface area (Å²) in [4.78, 5) is 15.0. The minimum atomic E-state index is -0.0169. The molecule has 0 spiro atoms. The van der Waals surface area contributed by atoms with Gasteiger partial charge in [0.15, 0.2) is 17.5 Å². The molecule has 0 fully saturated rings. The van der Waals surface area contributed by atoms with E-state index in [1.54, 1.807) is 0 Å².